The van der Waals surface area contributed by atoms with E-state index >= 15 is 0 Å². The molecule has 0 atom stereocenters. The topological polar surface area (TPSA) is 0 Å². The zero-order chi connectivity index (χ0) is 9.80. The molecule has 1 aromatic carbocycles. The average molecular weight is 265 g/mol. The molecule has 0 amide bonds. The Labute approximate surface area is 96.0 Å². The Balaban J connectivity index is 2.15. The standard InChI is InChI=1S/C12H9BrS/c13-12-9-8-11(14-12)7-6-10-4-2-1-3-5-10/h1-9H. The van der Waals surface area contributed by atoms with Crippen molar-refractivity contribution < 1.29 is 0 Å². The van der Waals surface area contributed by atoms with Gasteiger partial charge in [-0.15, -0.1) is 11.3 Å². The van der Waals surface area contributed by atoms with Gasteiger partial charge in [0.15, 0.2) is 0 Å². The highest BCUT2D eigenvalue weighted by atomic mass is 79.9. The third-order valence-corrected chi connectivity index (χ3v) is 3.42. The van der Waals surface area contributed by atoms with E-state index in [0.29, 0.717) is 0 Å². The summed E-state index contributed by atoms with van der Waals surface area (Å²) >= 11 is 5.18. The molecule has 0 unspecified atom stereocenters. The van der Waals surface area contributed by atoms with E-state index in [1.54, 1.807) is 11.3 Å². The lowest BCUT2D eigenvalue weighted by Crippen LogP contribution is -1.67. The van der Waals surface area contributed by atoms with E-state index in [9.17, 15) is 0 Å². The molecule has 1 heterocycles. The normalized spacial score (nSPS) is 10.9. The molecule has 0 N–H and O–H groups in total. The molecule has 0 nitrogen and oxygen atoms in total. The molecule has 0 spiro atoms. The fraction of sp³-hybridized carbons (Fsp3) is 0. The summed E-state index contributed by atoms with van der Waals surface area (Å²) < 4.78 is 1.17. The van der Waals surface area contributed by atoms with Gasteiger partial charge < -0.3 is 0 Å². The van der Waals surface area contributed by atoms with Gasteiger partial charge in [0.05, 0.1) is 3.79 Å². The molecule has 14 heavy (non-hydrogen) atoms. The van der Waals surface area contributed by atoms with E-state index < -0.39 is 0 Å². The van der Waals surface area contributed by atoms with Gasteiger partial charge in [-0.3, -0.25) is 0 Å². The molecule has 2 rings (SSSR count). The van der Waals surface area contributed by atoms with E-state index in [1.165, 1.54) is 14.2 Å². The minimum absolute atomic E-state index is 1.17. The number of rotatable bonds is 2. The maximum Gasteiger partial charge on any atom is 0.0704 e. The summed E-state index contributed by atoms with van der Waals surface area (Å²) in [6, 6.07) is 14.5. The maximum absolute atomic E-state index is 3.44. The molecule has 0 saturated carbocycles. The Morgan fingerprint density at radius 2 is 1.71 bits per heavy atom. The van der Waals surface area contributed by atoms with Crippen LogP contribution in [0.1, 0.15) is 10.4 Å². The Bertz CT molecular complexity index is 429. The van der Waals surface area contributed by atoms with Crippen LogP contribution < -0.4 is 0 Å². The molecule has 0 fully saturated rings. The summed E-state index contributed by atoms with van der Waals surface area (Å²) in [4.78, 5) is 1.26. The lowest BCUT2D eigenvalue weighted by molar-refractivity contribution is 1.67. The van der Waals surface area contributed by atoms with Crippen molar-refractivity contribution in [2.45, 2.75) is 0 Å². The molecule has 1 aromatic heterocycles. The van der Waals surface area contributed by atoms with Gasteiger partial charge in [-0.1, -0.05) is 36.4 Å². The van der Waals surface area contributed by atoms with Gasteiger partial charge >= 0.3 is 0 Å². The van der Waals surface area contributed by atoms with Crippen LogP contribution in [0, 0.1) is 0 Å². The summed E-state index contributed by atoms with van der Waals surface area (Å²) in [5, 5.41) is 0. The van der Waals surface area contributed by atoms with Crippen LogP contribution in [0.4, 0.5) is 0 Å². The summed E-state index contributed by atoms with van der Waals surface area (Å²) in [6.07, 6.45) is 4.25. The van der Waals surface area contributed by atoms with Crippen LogP contribution in [-0.4, -0.2) is 0 Å². The first-order valence-electron chi connectivity index (χ1n) is 4.33. The molecule has 70 valence electrons. The minimum atomic E-state index is 1.17. The second-order valence-corrected chi connectivity index (χ2v) is 5.38. The largest absolute Gasteiger partial charge is 0.129 e. The molecule has 2 heteroatoms. The van der Waals surface area contributed by atoms with Crippen LogP contribution in [0.5, 0.6) is 0 Å². The Kier molecular flexibility index (Phi) is 3.17. The van der Waals surface area contributed by atoms with Crippen LogP contribution in [0.2, 0.25) is 0 Å². The van der Waals surface area contributed by atoms with Crippen LogP contribution in [0.3, 0.4) is 0 Å². The van der Waals surface area contributed by atoms with E-state index in [4.69, 9.17) is 0 Å². The second kappa shape index (κ2) is 4.58. The highest BCUT2D eigenvalue weighted by molar-refractivity contribution is 9.11. The van der Waals surface area contributed by atoms with Gasteiger partial charge in [0.1, 0.15) is 0 Å². The van der Waals surface area contributed by atoms with E-state index in [1.807, 2.05) is 18.2 Å². The van der Waals surface area contributed by atoms with Gasteiger partial charge in [0.2, 0.25) is 0 Å². The van der Waals surface area contributed by atoms with Crippen molar-refractivity contribution in [2.24, 2.45) is 0 Å². The fourth-order valence-electron chi connectivity index (χ4n) is 1.16. The van der Waals surface area contributed by atoms with E-state index in [2.05, 4.69) is 52.3 Å². The van der Waals surface area contributed by atoms with Crippen molar-refractivity contribution in [3.63, 3.8) is 0 Å². The van der Waals surface area contributed by atoms with Gasteiger partial charge in [0.25, 0.3) is 0 Å². The average Bonchev–Trinajstić information content (AvgIpc) is 2.63. The molecule has 0 saturated heterocycles. The monoisotopic (exact) mass is 264 g/mol. The highest BCUT2D eigenvalue weighted by Gasteiger charge is 1.91. The molecule has 0 aliphatic rings. The van der Waals surface area contributed by atoms with E-state index in [-0.39, 0.29) is 0 Å². The molecule has 0 aliphatic carbocycles. The van der Waals surface area contributed by atoms with Crippen LogP contribution in [-0.2, 0) is 0 Å². The fourth-order valence-corrected chi connectivity index (χ4v) is 2.49. The Morgan fingerprint density at radius 1 is 0.929 bits per heavy atom. The van der Waals surface area contributed by atoms with Crippen molar-refractivity contribution in [1.82, 2.24) is 0 Å². The smallest absolute Gasteiger partial charge is 0.0704 e. The summed E-state index contributed by atoms with van der Waals surface area (Å²) in [7, 11) is 0. The van der Waals surface area contributed by atoms with Crippen LogP contribution in [0.15, 0.2) is 46.3 Å². The molecular weight excluding hydrogens is 256 g/mol. The number of halogens is 1. The SMILES string of the molecule is Brc1ccc(C=Cc2ccccc2)s1. The number of hydrogen-bond donors (Lipinski definition) is 0. The second-order valence-electron chi connectivity index (χ2n) is 2.89. The number of hydrogen-bond acceptors (Lipinski definition) is 1. The van der Waals surface area contributed by atoms with E-state index in [0.717, 1.165) is 0 Å². The lowest BCUT2D eigenvalue weighted by Gasteiger charge is -1.89. The van der Waals surface area contributed by atoms with Crippen molar-refractivity contribution in [2.75, 3.05) is 0 Å². The first kappa shape index (κ1) is 9.69. The number of thiophene rings is 1. The quantitative estimate of drug-likeness (QED) is 0.739. The Hall–Kier alpha value is -0.860. The summed E-state index contributed by atoms with van der Waals surface area (Å²) in [5.74, 6) is 0. The highest BCUT2D eigenvalue weighted by Crippen LogP contribution is 2.23. The summed E-state index contributed by atoms with van der Waals surface area (Å²) in [6.45, 7) is 0. The third-order valence-electron chi connectivity index (χ3n) is 1.83. The van der Waals surface area contributed by atoms with Gasteiger partial charge in [0, 0.05) is 4.88 Å². The molecule has 2 aromatic rings. The molecule has 0 radical (unpaired) electrons. The van der Waals surface area contributed by atoms with Gasteiger partial charge in [-0.05, 0) is 39.7 Å². The summed E-state index contributed by atoms with van der Waals surface area (Å²) in [5.41, 5.74) is 1.23. The number of benzene rings is 1. The van der Waals surface area contributed by atoms with Crippen LogP contribution in [0.25, 0.3) is 12.2 Å². The zero-order valence-electron chi connectivity index (χ0n) is 7.48. The van der Waals surface area contributed by atoms with Crippen molar-refractivity contribution in [1.29, 1.82) is 0 Å². The zero-order valence-corrected chi connectivity index (χ0v) is 9.88. The third kappa shape index (κ3) is 2.56. The van der Waals surface area contributed by atoms with Crippen molar-refractivity contribution >= 4 is 39.4 Å². The molecule has 0 aliphatic heterocycles. The first-order chi connectivity index (χ1) is 6.84. The van der Waals surface area contributed by atoms with Gasteiger partial charge in [-0.25, -0.2) is 0 Å². The maximum atomic E-state index is 3.44. The minimum Gasteiger partial charge on any atom is -0.129 e. The lowest BCUT2D eigenvalue weighted by atomic mass is 10.2. The van der Waals surface area contributed by atoms with Crippen molar-refractivity contribution in [3.8, 4) is 0 Å². The predicted molar refractivity (Wildman–Crippen MR) is 67.4 cm³/mol. The first-order valence-corrected chi connectivity index (χ1v) is 5.94. The molecule has 0 bridgehead atoms. The predicted octanol–water partition coefficient (Wildman–Crippen LogP) is 4.68. The van der Waals surface area contributed by atoms with Crippen LogP contribution >= 0.6 is 27.3 Å². The van der Waals surface area contributed by atoms with Gasteiger partial charge in [-0.2, -0.15) is 0 Å². The Morgan fingerprint density at radius 3 is 2.36 bits per heavy atom. The molecular formula is C12H9BrS. The van der Waals surface area contributed by atoms with Crippen molar-refractivity contribution in [3.05, 3.63) is 56.7 Å².